The summed E-state index contributed by atoms with van der Waals surface area (Å²) in [6.07, 6.45) is 3.91. The van der Waals surface area contributed by atoms with Gasteiger partial charge in [0.15, 0.2) is 0 Å². The Labute approximate surface area is 116 Å². The van der Waals surface area contributed by atoms with Crippen LogP contribution in [-0.2, 0) is 0 Å². The Morgan fingerprint density at radius 3 is 3.32 bits per heavy atom. The number of nitrogens with one attached hydrogen (secondary N) is 2. The molecule has 2 rings (SSSR count). The van der Waals surface area contributed by atoms with Crippen LogP contribution in [0.15, 0.2) is 17.2 Å². The van der Waals surface area contributed by atoms with Crippen molar-refractivity contribution in [3.63, 3.8) is 0 Å². The molecule has 1 unspecified atom stereocenters. The highest BCUT2D eigenvalue weighted by Gasteiger charge is 2.24. The van der Waals surface area contributed by atoms with Crippen LogP contribution >= 0.6 is 11.8 Å². The third-order valence-corrected chi connectivity index (χ3v) is 3.74. The molecule has 6 nitrogen and oxygen atoms in total. The van der Waals surface area contributed by atoms with Gasteiger partial charge in [-0.15, -0.1) is 6.58 Å². The maximum Gasteiger partial charge on any atom is 0.292 e. The van der Waals surface area contributed by atoms with E-state index in [2.05, 4.69) is 27.4 Å². The van der Waals surface area contributed by atoms with Gasteiger partial charge in [0.1, 0.15) is 0 Å². The Kier molecular flexibility index (Phi) is 5.41. The van der Waals surface area contributed by atoms with E-state index in [0.717, 1.165) is 30.9 Å². The predicted molar refractivity (Wildman–Crippen MR) is 74.1 cm³/mol. The van der Waals surface area contributed by atoms with E-state index in [0.29, 0.717) is 12.4 Å². The van der Waals surface area contributed by atoms with Crippen LogP contribution in [0.4, 0.5) is 0 Å². The van der Waals surface area contributed by atoms with Crippen LogP contribution in [0.5, 0.6) is 0 Å². The van der Waals surface area contributed by atoms with Crippen molar-refractivity contribution in [3.05, 3.63) is 24.4 Å². The van der Waals surface area contributed by atoms with Crippen molar-refractivity contribution in [2.75, 3.05) is 24.6 Å². The first-order chi connectivity index (χ1) is 9.31. The summed E-state index contributed by atoms with van der Waals surface area (Å²) in [5, 5.41) is 9.73. The Bertz CT molecular complexity index is 429. The van der Waals surface area contributed by atoms with Crippen molar-refractivity contribution in [1.82, 2.24) is 20.8 Å². The standard InChI is InChI=1S/C12H18N4O2S/c1-2-7-19-8-6-14-11(17)10-15-12(18-16-10)9-4-3-5-13-9/h2,9,13H,1,3-8H2,(H,14,17). The fourth-order valence-corrected chi connectivity index (χ4v) is 2.43. The molecule has 2 N–H and O–H groups in total. The molecule has 0 radical (unpaired) electrons. The lowest BCUT2D eigenvalue weighted by molar-refractivity contribution is 0.0943. The highest BCUT2D eigenvalue weighted by molar-refractivity contribution is 7.99. The van der Waals surface area contributed by atoms with Gasteiger partial charge in [0.2, 0.25) is 5.89 Å². The summed E-state index contributed by atoms with van der Waals surface area (Å²) in [6.45, 7) is 5.17. The van der Waals surface area contributed by atoms with Crippen LogP contribution in [0.1, 0.15) is 35.4 Å². The maximum absolute atomic E-state index is 11.8. The van der Waals surface area contributed by atoms with Crippen LogP contribution in [0.25, 0.3) is 0 Å². The Hall–Kier alpha value is -1.34. The third kappa shape index (κ3) is 4.07. The topological polar surface area (TPSA) is 80.0 Å². The number of carbonyl (C=O) groups is 1. The summed E-state index contributed by atoms with van der Waals surface area (Å²) in [6, 6.07) is 0.0946. The Balaban J connectivity index is 1.77. The number of hydrogen-bond acceptors (Lipinski definition) is 6. The van der Waals surface area contributed by atoms with Crippen molar-refractivity contribution in [2.45, 2.75) is 18.9 Å². The van der Waals surface area contributed by atoms with Gasteiger partial charge < -0.3 is 15.2 Å². The number of hydrogen-bond donors (Lipinski definition) is 2. The minimum atomic E-state index is -0.285. The third-order valence-electron chi connectivity index (χ3n) is 2.77. The molecule has 19 heavy (non-hydrogen) atoms. The minimum Gasteiger partial charge on any atom is -0.348 e. The predicted octanol–water partition coefficient (Wildman–Crippen LogP) is 1.14. The Morgan fingerprint density at radius 2 is 2.58 bits per heavy atom. The SMILES string of the molecule is C=CCSCCNC(=O)c1noc(C2CCCN2)n1. The van der Waals surface area contributed by atoms with E-state index in [1.54, 1.807) is 11.8 Å². The molecule has 0 bridgehead atoms. The zero-order chi connectivity index (χ0) is 13.5. The molecule has 1 fully saturated rings. The van der Waals surface area contributed by atoms with Crippen molar-refractivity contribution >= 4 is 17.7 Å². The highest BCUT2D eigenvalue weighted by atomic mass is 32.2. The number of nitrogens with zero attached hydrogens (tertiary/aromatic N) is 2. The number of carbonyl (C=O) groups excluding carboxylic acids is 1. The van der Waals surface area contributed by atoms with Crippen molar-refractivity contribution in [2.24, 2.45) is 0 Å². The number of aromatic nitrogens is 2. The smallest absolute Gasteiger partial charge is 0.292 e. The fourth-order valence-electron chi connectivity index (χ4n) is 1.85. The normalized spacial score (nSPS) is 18.4. The van der Waals surface area contributed by atoms with E-state index in [1.807, 2.05) is 6.08 Å². The van der Waals surface area contributed by atoms with Gasteiger partial charge in [0.05, 0.1) is 6.04 Å². The molecule has 0 aliphatic carbocycles. The van der Waals surface area contributed by atoms with Crippen molar-refractivity contribution < 1.29 is 9.32 Å². The molecule has 1 aliphatic rings. The van der Waals surface area contributed by atoms with Crippen molar-refractivity contribution in [3.8, 4) is 0 Å². The summed E-state index contributed by atoms with van der Waals surface area (Å²) in [5.41, 5.74) is 0. The molecule has 1 aromatic heterocycles. The monoisotopic (exact) mass is 282 g/mol. The fraction of sp³-hybridized carbons (Fsp3) is 0.583. The molecule has 0 spiro atoms. The second-order valence-electron chi connectivity index (χ2n) is 4.22. The van der Waals surface area contributed by atoms with Crippen LogP contribution in [-0.4, -0.2) is 40.6 Å². The second-order valence-corrected chi connectivity index (χ2v) is 5.37. The first-order valence-electron chi connectivity index (χ1n) is 6.35. The molecule has 0 aromatic carbocycles. The molecule has 104 valence electrons. The van der Waals surface area contributed by atoms with Gasteiger partial charge in [-0.05, 0) is 19.4 Å². The molecular formula is C12H18N4O2S. The zero-order valence-corrected chi connectivity index (χ0v) is 11.5. The van der Waals surface area contributed by atoms with Gasteiger partial charge in [-0.2, -0.15) is 16.7 Å². The molecule has 7 heteroatoms. The molecule has 1 amide bonds. The maximum atomic E-state index is 11.8. The van der Waals surface area contributed by atoms with E-state index in [9.17, 15) is 4.79 Å². The van der Waals surface area contributed by atoms with E-state index in [1.165, 1.54) is 0 Å². The first-order valence-corrected chi connectivity index (χ1v) is 7.50. The molecule has 1 saturated heterocycles. The van der Waals surface area contributed by atoms with E-state index < -0.39 is 0 Å². The quantitative estimate of drug-likeness (QED) is 0.577. The molecule has 1 atom stereocenters. The lowest BCUT2D eigenvalue weighted by atomic mass is 10.2. The van der Waals surface area contributed by atoms with Gasteiger partial charge >= 0.3 is 0 Å². The largest absolute Gasteiger partial charge is 0.348 e. The Morgan fingerprint density at radius 1 is 1.68 bits per heavy atom. The van der Waals surface area contributed by atoms with Gasteiger partial charge in [0, 0.05) is 18.1 Å². The van der Waals surface area contributed by atoms with E-state index in [-0.39, 0.29) is 17.8 Å². The molecule has 2 heterocycles. The summed E-state index contributed by atoms with van der Waals surface area (Å²) in [5.74, 6) is 2.05. The van der Waals surface area contributed by atoms with Crippen LogP contribution in [0, 0.1) is 0 Å². The average molecular weight is 282 g/mol. The lowest BCUT2D eigenvalue weighted by Gasteiger charge is -2.02. The number of amides is 1. The van der Waals surface area contributed by atoms with E-state index in [4.69, 9.17) is 4.52 Å². The van der Waals surface area contributed by atoms with Crippen LogP contribution in [0.2, 0.25) is 0 Å². The number of thioether (sulfide) groups is 1. The molecular weight excluding hydrogens is 264 g/mol. The summed E-state index contributed by atoms with van der Waals surface area (Å²) < 4.78 is 5.11. The highest BCUT2D eigenvalue weighted by Crippen LogP contribution is 2.20. The van der Waals surface area contributed by atoms with Gasteiger partial charge in [-0.1, -0.05) is 11.2 Å². The summed E-state index contributed by atoms with van der Waals surface area (Å²) >= 11 is 1.71. The van der Waals surface area contributed by atoms with Gasteiger partial charge in [0.25, 0.3) is 11.7 Å². The van der Waals surface area contributed by atoms with Gasteiger partial charge in [-0.3, -0.25) is 4.79 Å². The lowest BCUT2D eigenvalue weighted by Crippen LogP contribution is -2.27. The van der Waals surface area contributed by atoms with Gasteiger partial charge in [-0.25, -0.2) is 0 Å². The second kappa shape index (κ2) is 7.30. The molecule has 1 aromatic rings. The minimum absolute atomic E-state index is 0.0946. The number of rotatable bonds is 7. The van der Waals surface area contributed by atoms with E-state index >= 15 is 0 Å². The average Bonchev–Trinajstić information content (AvgIpc) is 3.08. The molecule has 0 saturated carbocycles. The van der Waals surface area contributed by atoms with Crippen LogP contribution < -0.4 is 10.6 Å². The summed E-state index contributed by atoms with van der Waals surface area (Å²) in [4.78, 5) is 15.9. The van der Waals surface area contributed by atoms with Crippen LogP contribution in [0.3, 0.4) is 0 Å². The molecule has 1 aliphatic heterocycles. The zero-order valence-electron chi connectivity index (χ0n) is 10.7. The first kappa shape index (κ1) is 14.1. The summed E-state index contributed by atoms with van der Waals surface area (Å²) in [7, 11) is 0. The van der Waals surface area contributed by atoms with Crippen molar-refractivity contribution in [1.29, 1.82) is 0 Å².